The molecule has 0 aliphatic rings. The quantitative estimate of drug-likeness (QED) is 0.853. The Labute approximate surface area is 123 Å². The Hall–Kier alpha value is -2.17. The Kier molecular flexibility index (Phi) is 4.73. The molecular weight excluding hydrogens is 271 g/mol. The number of nitrogens with zero attached hydrogens (tertiary/aromatic N) is 1. The number of hydrogen-bond donors (Lipinski definition) is 1. The highest BCUT2D eigenvalue weighted by molar-refractivity contribution is 6.06. The van der Waals surface area contributed by atoms with Crippen LogP contribution in [-0.2, 0) is 4.74 Å². The van der Waals surface area contributed by atoms with Crippen molar-refractivity contribution in [2.75, 3.05) is 18.5 Å². The van der Waals surface area contributed by atoms with Crippen molar-refractivity contribution in [2.24, 2.45) is 0 Å². The van der Waals surface area contributed by atoms with E-state index in [1.807, 2.05) is 6.92 Å². The lowest BCUT2D eigenvalue weighted by molar-refractivity contribution is 0.0527. The molecule has 21 heavy (non-hydrogen) atoms. The summed E-state index contributed by atoms with van der Waals surface area (Å²) in [5.74, 6) is -0.757. The van der Waals surface area contributed by atoms with Gasteiger partial charge in [0.15, 0.2) is 0 Å². The lowest BCUT2D eigenvalue weighted by Crippen LogP contribution is -2.12. The van der Waals surface area contributed by atoms with Crippen molar-refractivity contribution in [3.05, 3.63) is 35.3 Å². The van der Waals surface area contributed by atoms with E-state index >= 15 is 0 Å². The van der Waals surface area contributed by atoms with Gasteiger partial charge in [-0.1, -0.05) is 6.92 Å². The van der Waals surface area contributed by atoms with E-state index in [0.29, 0.717) is 29.9 Å². The number of aromatic nitrogens is 1. The molecule has 1 aromatic carbocycles. The normalized spacial score (nSPS) is 10.7. The van der Waals surface area contributed by atoms with Crippen LogP contribution in [0.3, 0.4) is 0 Å². The lowest BCUT2D eigenvalue weighted by atomic mass is 10.0. The fraction of sp³-hybridized carbons (Fsp3) is 0.375. The van der Waals surface area contributed by atoms with Crippen molar-refractivity contribution < 1.29 is 13.9 Å². The molecule has 4 nitrogen and oxygen atoms in total. The molecule has 0 atom stereocenters. The maximum Gasteiger partial charge on any atom is 0.341 e. The van der Waals surface area contributed by atoms with Crippen LogP contribution in [0, 0.1) is 12.7 Å². The molecule has 0 fully saturated rings. The summed E-state index contributed by atoms with van der Waals surface area (Å²) in [4.78, 5) is 16.3. The molecule has 0 saturated carbocycles. The smallest absolute Gasteiger partial charge is 0.341 e. The fourth-order valence-corrected chi connectivity index (χ4v) is 2.28. The van der Waals surface area contributed by atoms with Gasteiger partial charge in [-0.3, -0.25) is 4.98 Å². The molecule has 0 amide bonds. The average Bonchev–Trinajstić information content (AvgIpc) is 2.44. The minimum atomic E-state index is -0.422. The molecule has 112 valence electrons. The van der Waals surface area contributed by atoms with Crippen molar-refractivity contribution >= 4 is 22.6 Å². The average molecular weight is 290 g/mol. The second-order valence-electron chi connectivity index (χ2n) is 4.81. The molecule has 0 saturated heterocycles. The van der Waals surface area contributed by atoms with Gasteiger partial charge in [-0.25, -0.2) is 9.18 Å². The van der Waals surface area contributed by atoms with E-state index in [2.05, 4.69) is 10.3 Å². The highest BCUT2D eigenvalue weighted by atomic mass is 19.1. The summed E-state index contributed by atoms with van der Waals surface area (Å²) in [5.41, 5.74) is 2.31. The standard InChI is InChI=1S/C16H19FN2O2/c1-4-6-18-15-12(16(20)21-5-2)9-19-13-8-11(17)7-10(3)14(13)15/h7-9H,4-6H2,1-3H3,(H,18,19). The van der Waals surface area contributed by atoms with Crippen molar-refractivity contribution in [1.82, 2.24) is 4.98 Å². The predicted molar refractivity (Wildman–Crippen MR) is 81.2 cm³/mol. The number of halogens is 1. The third-order valence-corrected chi connectivity index (χ3v) is 3.18. The molecule has 0 spiro atoms. The van der Waals surface area contributed by atoms with Crippen LogP contribution in [0.25, 0.3) is 10.9 Å². The monoisotopic (exact) mass is 290 g/mol. The zero-order valence-corrected chi connectivity index (χ0v) is 12.5. The van der Waals surface area contributed by atoms with Crippen LogP contribution in [-0.4, -0.2) is 24.1 Å². The summed E-state index contributed by atoms with van der Waals surface area (Å²) in [7, 11) is 0. The molecule has 5 heteroatoms. The summed E-state index contributed by atoms with van der Waals surface area (Å²) < 4.78 is 18.6. The van der Waals surface area contributed by atoms with Gasteiger partial charge in [-0.2, -0.15) is 0 Å². The zero-order chi connectivity index (χ0) is 15.4. The molecule has 1 aromatic heterocycles. The van der Waals surface area contributed by atoms with Crippen LogP contribution < -0.4 is 5.32 Å². The Morgan fingerprint density at radius 3 is 2.81 bits per heavy atom. The van der Waals surface area contributed by atoms with Gasteiger partial charge >= 0.3 is 5.97 Å². The third kappa shape index (κ3) is 3.12. The second kappa shape index (κ2) is 6.52. The molecule has 1 heterocycles. The van der Waals surface area contributed by atoms with Crippen LogP contribution in [0.1, 0.15) is 36.2 Å². The van der Waals surface area contributed by atoms with Crippen LogP contribution in [0.2, 0.25) is 0 Å². The number of pyridine rings is 1. The van der Waals surface area contributed by atoms with E-state index in [0.717, 1.165) is 17.4 Å². The summed E-state index contributed by atoms with van der Waals surface area (Å²) in [6, 6.07) is 2.81. The van der Waals surface area contributed by atoms with Crippen molar-refractivity contribution in [1.29, 1.82) is 0 Å². The number of rotatable bonds is 5. The molecule has 0 bridgehead atoms. The van der Waals surface area contributed by atoms with Gasteiger partial charge in [0, 0.05) is 24.2 Å². The maximum absolute atomic E-state index is 13.5. The number of ether oxygens (including phenoxy) is 1. The first-order chi connectivity index (χ1) is 10.1. The molecular formula is C16H19FN2O2. The molecule has 2 rings (SSSR count). The van der Waals surface area contributed by atoms with Gasteiger partial charge < -0.3 is 10.1 Å². The largest absolute Gasteiger partial charge is 0.462 e. The molecule has 0 unspecified atom stereocenters. The Balaban J connectivity index is 2.66. The van der Waals surface area contributed by atoms with Gasteiger partial charge in [0.25, 0.3) is 0 Å². The van der Waals surface area contributed by atoms with Crippen LogP contribution >= 0.6 is 0 Å². The van der Waals surface area contributed by atoms with Gasteiger partial charge in [0.1, 0.15) is 11.4 Å². The molecule has 2 aromatic rings. The molecule has 0 aliphatic heterocycles. The first-order valence-corrected chi connectivity index (χ1v) is 7.08. The summed E-state index contributed by atoms with van der Waals surface area (Å²) in [6.07, 6.45) is 2.35. The summed E-state index contributed by atoms with van der Waals surface area (Å²) >= 11 is 0. The number of benzene rings is 1. The van der Waals surface area contributed by atoms with E-state index in [1.54, 1.807) is 13.8 Å². The SMILES string of the molecule is CCCNc1c(C(=O)OCC)cnc2cc(F)cc(C)c12. The third-order valence-electron chi connectivity index (χ3n) is 3.18. The topological polar surface area (TPSA) is 51.2 Å². The Morgan fingerprint density at radius 1 is 1.38 bits per heavy atom. The predicted octanol–water partition coefficient (Wildman–Crippen LogP) is 3.68. The van der Waals surface area contributed by atoms with E-state index in [-0.39, 0.29) is 5.82 Å². The number of fused-ring (bicyclic) bond motifs is 1. The Bertz CT molecular complexity index is 671. The minimum Gasteiger partial charge on any atom is -0.462 e. The molecule has 0 aliphatic carbocycles. The van der Waals surface area contributed by atoms with Crippen molar-refractivity contribution in [3.63, 3.8) is 0 Å². The number of aryl methyl sites for hydroxylation is 1. The van der Waals surface area contributed by atoms with Crippen LogP contribution in [0.15, 0.2) is 18.3 Å². The number of carbonyl (C=O) groups excluding carboxylic acids is 1. The highest BCUT2D eigenvalue weighted by Gasteiger charge is 2.18. The summed E-state index contributed by atoms with van der Waals surface area (Å²) in [5, 5.41) is 4.00. The fourth-order valence-electron chi connectivity index (χ4n) is 2.28. The van der Waals surface area contributed by atoms with E-state index < -0.39 is 5.97 Å². The van der Waals surface area contributed by atoms with E-state index in [9.17, 15) is 9.18 Å². The zero-order valence-electron chi connectivity index (χ0n) is 12.5. The first-order valence-electron chi connectivity index (χ1n) is 7.08. The van der Waals surface area contributed by atoms with Gasteiger partial charge in [0.2, 0.25) is 0 Å². The van der Waals surface area contributed by atoms with Gasteiger partial charge in [0.05, 0.1) is 17.8 Å². The van der Waals surface area contributed by atoms with Crippen molar-refractivity contribution in [3.8, 4) is 0 Å². The van der Waals surface area contributed by atoms with Gasteiger partial charge in [-0.15, -0.1) is 0 Å². The van der Waals surface area contributed by atoms with E-state index in [4.69, 9.17) is 4.74 Å². The van der Waals surface area contributed by atoms with Crippen LogP contribution in [0.5, 0.6) is 0 Å². The number of nitrogens with one attached hydrogen (secondary N) is 1. The number of esters is 1. The lowest BCUT2D eigenvalue weighted by Gasteiger charge is -2.15. The van der Waals surface area contributed by atoms with E-state index in [1.165, 1.54) is 18.3 Å². The highest BCUT2D eigenvalue weighted by Crippen LogP contribution is 2.30. The van der Waals surface area contributed by atoms with Crippen LogP contribution in [0.4, 0.5) is 10.1 Å². The van der Waals surface area contributed by atoms with Gasteiger partial charge in [-0.05, 0) is 31.9 Å². The first kappa shape index (κ1) is 15.2. The minimum absolute atomic E-state index is 0.298. The summed E-state index contributed by atoms with van der Waals surface area (Å²) in [6.45, 7) is 6.60. The molecule has 0 radical (unpaired) electrons. The maximum atomic E-state index is 13.5. The number of anilines is 1. The second-order valence-corrected chi connectivity index (χ2v) is 4.81. The Morgan fingerprint density at radius 2 is 2.14 bits per heavy atom. The number of hydrogen-bond acceptors (Lipinski definition) is 4. The van der Waals surface area contributed by atoms with Crippen molar-refractivity contribution in [2.45, 2.75) is 27.2 Å². The number of carbonyl (C=O) groups is 1. The molecule has 1 N–H and O–H groups in total.